The molecule has 2 rings (SSSR count). The average molecular weight is 242 g/mol. The van der Waals surface area contributed by atoms with E-state index in [9.17, 15) is 9.59 Å². The fourth-order valence-corrected chi connectivity index (χ4v) is 1.69. The maximum atomic E-state index is 12.1. The average Bonchev–Trinajstić information content (AvgIpc) is 2.40. The van der Waals surface area contributed by atoms with E-state index in [0.29, 0.717) is 12.1 Å². The Kier molecular flexibility index (Phi) is 3.57. The summed E-state index contributed by atoms with van der Waals surface area (Å²) in [6.07, 6.45) is 1.44. The highest BCUT2D eigenvalue weighted by molar-refractivity contribution is 5.93. The third-order valence-electron chi connectivity index (χ3n) is 2.64. The molecule has 0 aliphatic heterocycles. The monoisotopic (exact) mass is 242 g/mol. The van der Waals surface area contributed by atoms with Crippen molar-refractivity contribution in [2.45, 2.75) is 6.54 Å². The van der Waals surface area contributed by atoms with Gasteiger partial charge in [-0.3, -0.25) is 9.59 Å². The van der Waals surface area contributed by atoms with Crippen LogP contribution in [0.2, 0.25) is 0 Å². The molecule has 1 heterocycles. The lowest BCUT2D eigenvalue weighted by Gasteiger charge is -2.17. The van der Waals surface area contributed by atoms with Crippen LogP contribution in [0.1, 0.15) is 15.9 Å². The molecule has 0 atom stereocenters. The first kappa shape index (κ1) is 12.1. The molecule has 0 aliphatic rings. The number of nitrogens with one attached hydrogen (secondary N) is 1. The summed E-state index contributed by atoms with van der Waals surface area (Å²) in [6, 6.07) is 12.6. The van der Waals surface area contributed by atoms with Gasteiger partial charge in [0.2, 0.25) is 5.56 Å². The van der Waals surface area contributed by atoms with Gasteiger partial charge >= 0.3 is 0 Å². The summed E-state index contributed by atoms with van der Waals surface area (Å²) in [5.74, 6) is -0.116. The summed E-state index contributed by atoms with van der Waals surface area (Å²) in [6.45, 7) is 0.540. The van der Waals surface area contributed by atoms with Gasteiger partial charge in [-0.2, -0.15) is 0 Å². The van der Waals surface area contributed by atoms with Gasteiger partial charge in [0.05, 0.1) is 5.56 Å². The summed E-state index contributed by atoms with van der Waals surface area (Å²) in [4.78, 5) is 27.1. The molecule has 0 bridgehead atoms. The highest BCUT2D eigenvalue weighted by Crippen LogP contribution is 2.06. The van der Waals surface area contributed by atoms with E-state index in [1.165, 1.54) is 18.3 Å². The van der Waals surface area contributed by atoms with Crippen molar-refractivity contribution < 1.29 is 4.79 Å². The smallest absolute Gasteiger partial charge is 0.255 e. The number of carbonyl (C=O) groups excluding carboxylic acids is 1. The van der Waals surface area contributed by atoms with Crippen molar-refractivity contribution in [2.75, 3.05) is 7.05 Å². The van der Waals surface area contributed by atoms with Gasteiger partial charge in [0.1, 0.15) is 0 Å². The SMILES string of the molecule is CN(Cc1ccccc1)C(=O)c1ccc(=O)[nH]c1. The molecule has 0 saturated carbocycles. The van der Waals surface area contributed by atoms with Gasteiger partial charge < -0.3 is 9.88 Å². The van der Waals surface area contributed by atoms with E-state index >= 15 is 0 Å². The van der Waals surface area contributed by atoms with Gasteiger partial charge in [-0.15, -0.1) is 0 Å². The summed E-state index contributed by atoms with van der Waals surface area (Å²) < 4.78 is 0. The van der Waals surface area contributed by atoms with Gasteiger partial charge in [0, 0.05) is 25.9 Å². The van der Waals surface area contributed by atoms with Crippen molar-refractivity contribution in [3.8, 4) is 0 Å². The fourth-order valence-electron chi connectivity index (χ4n) is 1.69. The quantitative estimate of drug-likeness (QED) is 0.889. The van der Waals surface area contributed by atoms with Crippen LogP contribution in [0.3, 0.4) is 0 Å². The lowest BCUT2D eigenvalue weighted by molar-refractivity contribution is 0.0784. The second-order valence-corrected chi connectivity index (χ2v) is 4.09. The lowest BCUT2D eigenvalue weighted by Crippen LogP contribution is -2.26. The van der Waals surface area contributed by atoms with E-state index in [1.807, 2.05) is 30.3 Å². The molecule has 4 nitrogen and oxygen atoms in total. The molecular weight excluding hydrogens is 228 g/mol. The standard InChI is InChI=1S/C14H14N2O2/c1-16(10-11-5-3-2-4-6-11)14(18)12-7-8-13(17)15-9-12/h2-9H,10H2,1H3,(H,15,17). The largest absolute Gasteiger partial charge is 0.337 e. The van der Waals surface area contributed by atoms with Gasteiger partial charge in [-0.25, -0.2) is 0 Å². The molecule has 18 heavy (non-hydrogen) atoms. The van der Waals surface area contributed by atoms with Gasteiger partial charge in [-0.05, 0) is 11.6 Å². The van der Waals surface area contributed by atoms with Crippen LogP contribution < -0.4 is 5.56 Å². The van der Waals surface area contributed by atoms with E-state index in [2.05, 4.69) is 4.98 Å². The van der Waals surface area contributed by atoms with Gasteiger partial charge in [0.15, 0.2) is 0 Å². The zero-order valence-electron chi connectivity index (χ0n) is 10.1. The van der Waals surface area contributed by atoms with E-state index < -0.39 is 0 Å². The first-order valence-corrected chi connectivity index (χ1v) is 5.65. The molecule has 1 aromatic carbocycles. The number of hydrogen-bond acceptors (Lipinski definition) is 2. The predicted molar refractivity (Wildman–Crippen MR) is 69.3 cm³/mol. The summed E-state index contributed by atoms with van der Waals surface area (Å²) >= 11 is 0. The molecule has 0 spiro atoms. The molecule has 1 amide bonds. The Morgan fingerprint density at radius 1 is 1.17 bits per heavy atom. The number of amides is 1. The molecule has 92 valence electrons. The second kappa shape index (κ2) is 5.31. The third-order valence-corrected chi connectivity index (χ3v) is 2.64. The Balaban J connectivity index is 2.09. The number of aromatic amines is 1. The summed E-state index contributed by atoms with van der Waals surface area (Å²) in [5, 5.41) is 0. The summed E-state index contributed by atoms with van der Waals surface area (Å²) in [7, 11) is 1.74. The molecule has 2 aromatic rings. The maximum absolute atomic E-state index is 12.1. The Labute approximate surface area is 105 Å². The molecule has 0 radical (unpaired) electrons. The van der Waals surface area contributed by atoms with Crippen LogP contribution in [0.15, 0.2) is 53.5 Å². The highest BCUT2D eigenvalue weighted by atomic mass is 16.2. The molecule has 0 aliphatic carbocycles. The number of rotatable bonds is 3. The molecule has 0 saturated heterocycles. The van der Waals surface area contributed by atoms with E-state index in [4.69, 9.17) is 0 Å². The Bertz CT molecular complexity index is 570. The van der Waals surface area contributed by atoms with Crippen LogP contribution in [0.4, 0.5) is 0 Å². The first-order chi connectivity index (χ1) is 8.66. The minimum Gasteiger partial charge on any atom is -0.337 e. The molecule has 0 unspecified atom stereocenters. The van der Waals surface area contributed by atoms with Crippen molar-refractivity contribution in [1.29, 1.82) is 0 Å². The predicted octanol–water partition coefficient (Wildman–Crippen LogP) is 1.65. The number of carbonyl (C=O) groups is 1. The van der Waals surface area contributed by atoms with Crippen LogP contribution in [0, 0.1) is 0 Å². The van der Waals surface area contributed by atoms with Crippen molar-refractivity contribution in [2.24, 2.45) is 0 Å². The molecular formula is C14H14N2O2. The summed E-state index contributed by atoms with van der Waals surface area (Å²) in [5.41, 5.74) is 1.34. The highest BCUT2D eigenvalue weighted by Gasteiger charge is 2.11. The van der Waals surface area contributed by atoms with Crippen LogP contribution in [0.25, 0.3) is 0 Å². The molecule has 0 fully saturated rings. The van der Waals surface area contributed by atoms with Crippen molar-refractivity contribution >= 4 is 5.91 Å². The van der Waals surface area contributed by atoms with Crippen LogP contribution in [-0.4, -0.2) is 22.8 Å². The number of benzene rings is 1. The number of pyridine rings is 1. The zero-order chi connectivity index (χ0) is 13.0. The van der Waals surface area contributed by atoms with Gasteiger partial charge in [-0.1, -0.05) is 30.3 Å². The molecule has 1 N–H and O–H groups in total. The molecule has 1 aromatic heterocycles. The third kappa shape index (κ3) is 2.85. The minimum absolute atomic E-state index is 0.116. The van der Waals surface area contributed by atoms with Crippen molar-refractivity contribution in [1.82, 2.24) is 9.88 Å². The molecule has 4 heteroatoms. The van der Waals surface area contributed by atoms with Crippen LogP contribution >= 0.6 is 0 Å². The zero-order valence-corrected chi connectivity index (χ0v) is 10.1. The number of aromatic nitrogens is 1. The second-order valence-electron chi connectivity index (χ2n) is 4.09. The van der Waals surface area contributed by atoms with Crippen LogP contribution in [-0.2, 0) is 6.54 Å². The van der Waals surface area contributed by atoms with Gasteiger partial charge in [0.25, 0.3) is 5.91 Å². The number of hydrogen-bond donors (Lipinski definition) is 1. The Morgan fingerprint density at radius 3 is 2.50 bits per heavy atom. The number of H-pyrrole nitrogens is 1. The Morgan fingerprint density at radius 2 is 1.89 bits per heavy atom. The maximum Gasteiger partial charge on any atom is 0.255 e. The minimum atomic E-state index is -0.211. The van der Waals surface area contributed by atoms with E-state index in [0.717, 1.165) is 5.56 Å². The fraction of sp³-hybridized carbons (Fsp3) is 0.143. The van der Waals surface area contributed by atoms with E-state index in [1.54, 1.807) is 11.9 Å². The Hall–Kier alpha value is -2.36. The normalized spacial score (nSPS) is 10.1. The van der Waals surface area contributed by atoms with Crippen LogP contribution in [0.5, 0.6) is 0 Å². The van der Waals surface area contributed by atoms with Crippen molar-refractivity contribution in [3.63, 3.8) is 0 Å². The number of nitrogens with zero attached hydrogens (tertiary/aromatic N) is 1. The topological polar surface area (TPSA) is 53.2 Å². The first-order valence-electron chi connectivity index (χ1n) is 5.65. The van der Waals surface area contributed by atoms with Crippen molar-refractivity contribution in [3.05, 3.63) is 70.1 Å². The van der Waals surface area contributed by atoms with E-state index in [-0.39, 0.29) is 11.5 Å². The lowest BCUT2D eigenvalue weighted by atomic mass is 10.2.